The molecule has 0 aromatic carbocycles. The molecule has 3 unspecified atom stereocenters. The van der Waals surface area contributed by atoms with E-state index in [0.29, 0.717) is 6.61 Å². The van der Waals surface area contributed by atoms with E-state index in [1.165, 1.54) is 0 Å². The van der Waals surface area contributed by atoms with E-state index < -0.39 is 11.0 Å². The fraction of sp³-hybridized carbons (Fsp3) is 0.867. The monoisotopic (exact) mass is 298 g/mol. The number of esters is 1. The summed E-state index contributed by atoms with van der Waals surface area (Å²) < 4.78 is 10.6. The smallest absolute Gasteiger partial charge is 0.307 e. The highest BCUT2D eigenvalue weighted by Gasteiger charge is 2.70. The van der Waals surface area contributed by atoms with Crippen molar-refractivity contribution < 1.29 is 19.1 Å². The summed E-state index contributed by atoms with van der Waals surface area (Å²) in [6.07, 6.45) is 2.06. The Morgan fingerprint density at radius 2 is 2.14 bits per heavy atom. The first-order chi connectivity index (χ1) is 9.85. The van der Waals surface area contributed by atoms with Crippen LogP contribution in [-0.2, 0) is 19.1 Å². The number of nitrogens with two attached hydrogens (primary N) is 1. The minimum Gasteiger partial charge on any atom is -0.466 e. The van der Waals surface area contributed by atoms with Crippen LogP contribution in [0.5, 0.6) is 0 Å². The maximum Gasteiger partial charge on any atom is 0.307 e. The van der Waals surface area contributed by atoms with E-state index in [1.807, 2.05) is 13.8 Å². The van der Waals surface area contributed by atoms with Gasteiger partial charge in [-0.1, -0.05) is 13.8 Å². The van der Waals surface area contributed by atoms with Crippen molar-refractivity contribution >= 4 is 11.9 Å². The number of carbonyl (C=O) groups is 2. The molecule has 3 atom stereocenters. The van der Waals surface area contributed by atoms with Crippen molar-refractivity contribution in [2.45, 2.75) is 51.7 Å². The lowest BCUT2D eigenvalue weighted by Gasteiger charge is -2.65. The van der Waals surface area contributed by atoms with Crippen molar-refractivity contribution in [3.8, 4) is 0 Å². The van der Waals surface area contributed by atoms with Crippen molar-refractivity contribution in [2.24, 2.45) is 17.1 Å². The number of nitrogens with one attached hydrogen (secondary N) is 1. The maximum atomic E-state index is 12.5. The summed E-state index contributed by atoms with van der Waals surface area (Å²) in [5, 5.41) is 2.78. The van der Waals surface area contributed by atoms with Crippen molar-refractivity contribution in [3.05, 3.63) is 0 Å². The van der Waals surface area contributed by atoms with Crippen molar-refractivity contribution in [1.82, 2.24) is 5.32 Å². The van der Waals surface area contributed by atoms with Crippen LogP contribution in [0.4, 0.5) is 0 Å². The number of rotatable bonds is 5. The lowest BCUT2D eigenvalue weighted by atomic mass is 9.46. The van der Waals surface area contributed by atoms with E-state index in [-0.39, 0.29) is 36.9 Å². The summed E-state index contributed by atoms with van der Waals surface area (Å²) >= 11 is 0. The average Bonchev–Trinajstić information content (AvgIpc) is 2.46. The molecule has 0 aromatic rings. The second-order valence-electron chi connectivity index (χ2n) is 6.44. The lowest BCUT2D eigenvalue weighted by Crippen LogP contribution is -2.82. The molecule has 1 saturated carbocycles. The number of carbonyl (C=O) groups excluding carboxylic acids is 2. The number of fused-ring (bicyclic) bond motifs is 1. The van der Waals surface area contributed by atoms with Crippen LogP contribution < -0.4 is 11.1 Å². The van der Waals surface area contributed by atoms with Gasteiger partial charge >= 0.3 is 5.97 Å². The average molecular weight is 298 g/mol. The molecule has 1 aliphatic carbocycles. The second-order valence-corrected chi connectivity index (χ2v) is 6.44. The Kier molecular flexibility index (Phi) is 4.58. The minimum absolute atomic E-state index is 0.0482. The van der Waals surface area contributed by atoms with Gasteiger partial charge in [-0.15, -0.1) is 0 Å². The summed E-state index contributed by atoms with van der Waals surface area (Å²) in [7, 11) is 0. The summed E-state index contributed by atoms with van der Waals surface area (Å²) in [5.74, 6) is -0.442. The van der Waals surface area contributed by atoms with Gasteiger partial charge < -0.3 is 20.5 Å². The van der Waals surface area contributed by atoms with Crippen LogP contribution in [0.2, 0.25) is 0 Å². The number of hydrogen-bond donors (Lipinski definition) is 2. The predicted octanol–water partition coefficient (Wildman–Crippen LogP) is 0.588. The van der Waals surface area contributed by atoms with Gasteiger partial charge in [-0.05, 0) is 19.8 Å². The summed E-state index contributed by atoms with van der Waals surface area (Å²) in [6, 6.07) is 0. The second kappa shape index (κ2) is 5.93. The van der Waals surface area contributed by atoms with Crippen LogP contribution in [0, 0.1) is 11.3 Å². The van der Waals surface area contributed by atoms with Gasteiger partial charge in [-0.25, -0.2) is 0 Å². The summed E-state index contributed by atoms with van der Waals surface area (Å²) in [4.78, 5) is 23.8. The molecular weight excluding hydrogens is 272 g/mol. The van der Waals surface area contributed by atoms with Gasteiger partial charge in [0.1, 0.15) is 5.54 Å². The summed E-state index contributed by atoms with van der Waals surface area (Å²) in [6.45, 7) is 7.05. The molecule has 0 radical (unpaired) electrons. The number of amides is 1. The van der Waals surface area contributed by atoms with Crippen LogP contribution in [0.25, 0.3) is 0 Å². The third-order valence-electron chi connectivity index (χ3n) is 4.98. The first kappa shape index (κ1) is 16.2. The zero-order valence-electron chi connectivity index (χ0n) is 13.1. The third-order valence-corrected chi connectivity index (χ3v) is 4.98. The molecule has 2 fully saturated rings. The SMILES string of the molecule is CCOC(=O)CCNC(=O)C1(N)C2CCCOC2C1(C)C. The molecule has 21 heavy (non-hydrogen) atoms. The standard InChI is InChI=1S/C15H26N2O4/c1-4-20-11(18)7-8-17-13(19)15(16)10-6-5-9-21-12(10)14(15,2)3/h10,12H,4-9,16H2,1-3H3,(H,17,19). The molecule has 1 saturated heterocycles. The lowest BCUT2D eigenvalue weighted by molar-refractivity contribution is -0.225. The fourth-order valence-corrected chi connectivity index (χ4v) is 3.69. The van der Waals surface area contributed by atoms with E-state index in [1.54, 1.807) is 6.92 Å². The molecule has 1 amide bonds. The molecule has 1 heterocycles. The Morgan fingerprint density at radius 3 is 2.81 bits per heavy atom. The van der Waals surface area contributed by atoms with Gasteiger partial charge in [0.15, 0.2) is 0 Å². The van der Waals surface area contributed by atoms with E-state index in [4.69, 9.17) is 15.2 Å². The van der Waals surface area contributed by atoms with Crippen LogP contribution in [0.3, 0.4) is 0 Å². The Morgan fingerprint density at radius 1 is 1.43 bits per heavy atom. The van der Waals surface area contributed by atoms with Crippen molar-refractivity contribution in [1.29, 1.82) is 0 Å². The third kappa shape index (κ3) is 2.55. The quantitative estimate of drug-likeness (QED) is 0.725. The topological polar surface area (TPSA) is 90.7 Å². The zero-order chi connectivity index (χ0) is 15.7. The van der Waals surface area contributed by atoms with Crippen LogP contribution in [-0.4, -0.2) is 43.3 Å². The Hall–Kier alpha value is -1.14. The Labute approximate surface area is 125 Å². The highest BCUT2D eigenvalue weighted by atomic mass is 16.5. The molecule has 6 heteroatoms. The van der Waals surface area contributed by atoms with Gasteiger partial charge in [0, 0.05) is 24.5 Å². The molecule has 1 aliphatic heterocycles. The van der Waals surface area contributed by atoms with E-state index >= 15 is 0 Å². The van der Waals surface area contributed by atoms with Crippen LogP contribution >= 0.6 is 0 Å². The highest BCUT2D eigenvalue weighted by Crippen LogP contribution is 2.57. The Bertz CT molecular complexity index is 424. The van der Waals surface area contributed by atoms with E-state index in [9.17, 15) is 9.59 Å². The van der Waals surface area contributed by atoms with E-state index in [0.717, 1.165) is 19.4 Å². The fourth-order valence-electron chi connectivity index (χ4n) is 3.69. The normalized spacial score (nSPS) is 33.5. The molecule has 0 aromatic heterocycles. The number of ether oxygens (including phenoxy) is 2. The molecule has 2 rings (SSSR count). The first-order valence-corrected chi connectivity index (χ1v) is 7.70. The van der Waals surface area contributed by atoms with Gasteiger partial charge in [0.05, 0.1) is 19.1 Å². The van der Waals surface area contributed by atoms with Gasteiger partial charge in [0.2, 0.25) is 5.91 Å². The van der Waals surface area contributed by atoms with Crippen molar-refractivity contribution in [3.63, 3.8) is 0 Å². The first-order valence-electron chi connectivity index (χ1n) is 7.70. The Balaban J connectivity index is 1.93. The van der Waals surface area contributed by atoms with Gasteiger partial charge in [-0.2, -0.15) is 0 Å². The highest BCUT2D eigenvalue weighted by molar-refractivity contribution is 5.89. The van der Waals surface area contributed by atoms with Crippen molar-refractivity contribution in [2.75, 3.05) is 19.8 Å². The van der Waals surface area contributed by atoms with Crippen LogP contribution in [0.1, 0.15) is 40.0 Å². The largest absolute Gasteiger partial charge is 0.466 e. The minimum atomic E-state index is -0.924. The van der Waals surface area contributed by atoms with Crippen LogP contribution in [0.15, 0.2) is 0 Å². The molecule has 6 nitrogen and oxygen atoms in total. The maximum absolute atomic E-state index is 12.5. The zero-order valence-corrected chi connectivity index (χ0v) is 13.1. The summed E-state index contributed by atoms with van der Waals surface area (Å²) in [5.41, 5.74) is 5.13. The molecule has 2 aliphatic rings. The van der Waals surface area contributed by atoms with E-state index in [2.05, 4.69) is 5.32 Å². The molecular formula is C15H26N2O4. The molecule has 0 spiro atoms. The van der Waals surface area contributed by atoms with Gasteiger partial charge in [0.25, 0.3) is 0 Å². The molecule has 3 N–H and O–H groups in total. The number of hydrogen-bond acceptors (Lipinski definition) is 5. The van der Waals surface area contributed by atoms with Gasteiger partial charge in [-0.3, -0.25) is 9.59 Å². The molecule has 0 bridgehead atoms. The molecule has 120 valence electrons. The predicted molar refractivity (Wildman–Crippen MR) is 77.4 cm³/mol.